The fourth-order valence-electron chi connectivity index (χ4n) is 3.41. The maximum Gasteiger partial charge on any atom is 0.412 e. The Morgan fingerprint density at radius 2 is 1.94 bits per heavy atom. The van der Waals surface area contributed by atoms with Crippen molar-refractivity contribution in [3.63, 3.8) is 0 Å². The molecule has 2 atom stereocenters. The molecule has 0 radical (unpaired) electrons. The van der Waals surface area contributed by atoms with Crippen LogP contribution in [0.25, 0.3) is 0 Å². The molecule has 1 heterocycles. The summed E-state index contributed by atoms with van der Waals surface area (Å²) >= 11 is 5.93. The van der Waals surface area contributed by atoms with Crippen molar-refractivity contribution in [1.82, 2.24) is 14.9 Å². The molecule has 2 amide bonds. The first-order valence-corrected chi connectivity index (χ1v) is 11.4. The molecule has 1 saturated heterocycles. The molecule has 2 aromatic carbocycles. The van der Waals surface area contributed by atoms with Gasteiger partial charge in [-0.05, 0) is 36.8 Å². The van der Waals surface area contributed by atoms with Gasteiger partial charge in [0.05, 0.1) is 13.2 Å². The van der Waals surface area contributed by atoms with Crippen molar-refractivity contribution >= 4 is 33.8 Å². The number of benzene rings is 2. The normalized spacial score (nSPS) is 18.2. The van der Waals surface area contributed by atoms with Crippen LogP contribution in [0.15, 0.2) is 53.4 Å². The molecule has 172 valence electrons. The topological polar surface area (TPSA) is 134 Å². The average molecular weight is 484 g/mol. The van der Waals surface area contributed by atoms with E-state index >= 15 is 0 Å². The van der Waals surface area contributed by atoms with Crippen molar-refractivity contribution in [3.05, 3.63) is 53.6 Å². The minimum atomic E-state index is -4.04. The molecule has 0 aliphatic carbocycles. The molecule has 1 aliphatic rings. The van der Waals surface area contributed by atoms with Crippen LogP contribution >= 0.6 is 11.6 Å². The number of carboxylic acid groups (broad SMARTS) is 1. The Morgan fingerprint density at radius 1 is 1.22 bits per heavy atom. The molecule has 10 nitrogen and oxygen atoms in total. The predicted octanol–water partition coefficient (Wildman–Crippen LogP) is 2.54. The van der Waals surface area contributed by atoms with Crippen molar-refractivity contribution in [1.29, 1.82) is 0 Å². The van der Waals surface area contributed by atoms with E-state index in [2.05, 4.69) is 10.0 Å². The van der Waals surface area contributed by atoms with Crippen LogP contribution < -0.4 is 19.5 Å². The number of para-hydroxylation sites is 1. The maximum atomic E-state index is 12.9. The average Bonchev–Trinajstić information content (AvgIpc) is 3.15. The fraction of sp³-hybridized carbons (Fsp3) is 0.300. The van der Waals surface area contributed by atoms with Crippen LogP contribution in [0.2, 0.25) is 5.02 Å². The second kappa shape index (κ2) is 10.1. The van der Waals surface area contributed by atoms with Gasteiger partial charge in [0.15, 0.2) is 0 Å². The third-order valence-corrected chi connectivity index (χ3v) is 6.61. The molecule has 3 N–H and O–H groups in total. The SMILES string of the molecule is COc1ccc(Cl)cc1S(=O)(=O)N[C@@H]1C[C@H](CNC(=O)Oc2ccccc2)N(C(=O)O)C1. The number of nitrogens with zero attached hydrogens (tertiary/aromatic N) is 1. The summed E-state index contributed by atoms with van der Waals surface area (Å²) in [6.07, 6.45) is -1.82. The smallest absolute Gasteiger partial charge is 0.412 e. The minimum absolute atomic E-state index is 0.0450. The van der Waals surface area contributed by atoms with Gasteiger partial charge in [-0.3, -0.25) is 0 Å². The van der Waals surface area contributed by atoms with Gasteiger partial charge in [-0.1, -0.05) is 29.8 Å². The van der Waals surface area contributed by atoms with Gasteiger partial charge in [0.2, 0.25) is 10.0 Å². The van der Waals surface area contributed by atoms with E-state index in [0.717, 1.165) is 4.90 Å². The van der Waals surface area contributed by atoms with Crippen LogP contribution in [0.3, 0.4) is 0 Å². The first kappa shape index (κ1) is 23.6. The quantitative estimate of drug-likeness (QED) is 0.550. The molecule has 3 rings (SSSR count). The molecule has 0 spiro atoms. The standard InChI is InChI=1S/C20H22ClN3O7S/c1-30-17-8-7-13(21)9-18(17)32(28,29)23-14-10-15(24(12-14)20(26)27)11-22-19(25)31-16-5-3-2-4-6-16/h2-9,14-15,23H,10-12H2,1H3,(H,22,25)(H,26,27)/t14-,15-/m1/s1. The van der Waals surface area contributed by atoms with Gasteiger partial charge in [-0.15, -0.1) is 0 Å². The monoisotopic (exact) mass is 483 g/mol. The lowest BCUT2D eigenvalue weighted by Gasteiger charge is -2.21. The molecular weight excluding hydrogens is 462 g/mol. The van der Waals surface area contributed by atoms with Gasteiger partial charge in [0.25, 0.3) is 0 Å². The number of hydrogen-bond acceptors (Lipinski definition) is 6. The number of nitrogens with one attached hydrogen (secondary N) is 2. The lowest BCUT2D eigenvalue weighted by molar-refractivity contribution is 0.138. The number of ether oxygens (including phenoxy) is 2. The summed E-state index contributed by atoms with van der Waals surface area (Å²) in [5.74, 6) is 0.449. The van der Waals surface area contributed by atoms with Crippen molar-refractivity contribution in [3.8, 4) is 11.5 Å². The highest BCUT2D eigenvalue weighted by atomic mass is 35.5. The van der Waals surface area contributed by atoms with Gasteiger partial charge in [0.1, 0.15) is 16.4 Å². The molecular formula is C20H22ClN3O7S. The van der Waals surface area contributed by atoms with Crippen molar-refractivity contribution in [2.75, 3.05) is 20.2 Å². The first-order valence-electron chi connectivity index (χ1n) is 9.56. The Hall–Kier alpha value is -3.02. The summed E-state index contributed by atoms with van der Waals surface area (Å²) in [4.78, 5) is 24.6. The number of amides is 2. The third-order valence-electron chi connectivity index (χ3n) is 4.83. The number of methoxy groups -OCH3 is 1. The molecule has 0 saturated carbocycles. The number of likely N-dealkylation sites (tertiary alicyclic amines) is 1. The molecule has 0 bridgehead atoms. The zero-order chi connectivity index (χ0) is 23.3. The Balaban J connectivity index is 1.65. The summed E-state index contributed by atoms with van der Waals surface area (Å²) in [6, 6.07) is 11.2. The van der Waals surface area contributed by atoms with Gasteiger partial charge in [-0.2, -0.15) is 0 Å². The zero-order valence-electron chi connectivity index (χ0n) is 17.0. The second-order valence-electron chi connectivity index (χ2n) is 7.02. The van der Waals surface area contributed by atoms with E-state index in [0.29, 0.717) is 5.75 Å². The minimum Gasteiger partial charge on any atom is -0.495 e. The van der Waals surface area contributed by atoms with E-state index in [4.69, 9.17) is 21.1 Å². The Morgan fingerprint density at radius 3 is 2.59 bits per heavy atom. The number of halogens is 1. The number of hydrogen-bond donors (Lipinski definition) is 3. The maximum absolute atomic E-state index is 12.9. The molecule has 32 heavy (non-hydrogen) atoms. The van der Waals surface area contributed by atoms with Crippen molar-refractivity contribution in [2.24, 2.45) is 0 Å². The Kier molecular flexibility index (Phi) is 7.44. The van der Waals surface area contributed by atoms with E-state index in [9.17, 15) is 23.1 Å². The molecule has 0 unspecified atom stereocenters. The van der Waals surface area contributed by atoms with Gasteiger partial charge in [-0.25, -0.2) is 22.7 Å². The van der Waals surface area contributed by atoms with Crippen LogP contribution in [0.1, 0.15) is 6.42 Å². The van der Waals surface area contributed by atoms with E-state index in [-0.39, 0.29) is 35.2 Å². The summed E-state index contributed by atoms with van der Waals surface area (Å²) < 4.78 is 38.5. The van der Waals surface area contributed by atoms with Crippen molar-refractivity contribution in [2.45, 2.75) is 23.4 Å². The van der Waals surface area contributed by atoms with E-state index < -0.39 is 34.3 Å². The van der Waals surface area contributed by atoms with Crippen molar-refractivity contribution < 1.29 is 32.6 Å². The predicted molar refractivity (Wildman–Crippen MR) is 116 cm³/mol. The highest BCUT2D eigenvalue weighted by Crippen LogP contribution is 2.28. The fourth-order valence-corrected chi connectivity index (χ4v) is 5.08. The zero-order valence-corrected chi connectivity index (χ0v) is 18.6. The number of rotatable bonds is 7. The van der Waals surface area contributed by atoms with Gasteiger partial charge in [0, 0.05) is 24.2 Å². The lowest BCUT2D eigenvalue weighted by Crippen LogP contribution is -2.43. The van der Waals surface area contributed by atoms with Crippen LogP contribution in [-0.2, 0) is 10.0 Å². The van der Waals surface area contributed by atoms with Crippen LogP contribution in [0, 0.1) is 0 Å². The number of sulfonamides is 1. The lowest BCUT2D eigenvalue weighted by atomic mass is 10.2. The summed E-state index contributed by atoms with van der Waals surface area (Å²) in [7, 11) is -2.71. The Labute approximate surface area is 190 Å². The van der Waals surface area contributed by atoms with E-state index in [1.807, 2.05) is 0 Å². The van der Waals surface area contributed by atoms with Gasteiger partial charge >= 0.3 is 12.2 Å². The van der Waals surface area contributed by atoms with E-state index in [1.165, 1.54) is 25.3 Å². The van der Waals surface area contributed by atoms with Gasteiger partial charge < -0.3 is 24.8 Å². The highest BCUT2D eigenvalue weighted by Gasteiger charge is 2.38. The molecule has 0 aromatic heterocycles. The summed E-state index contributed by atoms with van der Waals surface area (Å²) in [6.45, 7) is -0.131. The number of carbonyl (C=O) groups is 2. The molecule has 1 aliphatic heterocycles. The first-order chi connectivity index (χ1) is 15.2. The highest BCUT2D eigenvalue weighted by molar-refractivity contribution is 7.89. The van der Waals surface area contributed by atoms with Crippen LogP contribution in [-0.4, -0.2) is 62.9 Å². The summed E-state index contributed by atoms with van der Waals surface area (Å²) in [5, 5.41) is 12.2. The van der Waals surface area contributed by atoms with E-state index in [1.54, 1.807) is 30.3 Å². The largest absolute Gasteiger partial charge is 0.495 e. The molecule has 1 fully saturated rings. The second-order valence-corrected chi connectivity index (χ2v) is 9.14. The van der Waals surface area contributed by atoms with Crippen LogP contribution in [0.4, 0.5) is 9.59 Å². The number of carbonyl (C=O) groups excluding carboxylic acids is 1. The summed E-state index contributed by atoms with van der Waals surface area (Å²) in [5.41, 5.74) is 0. The third kappa shape index (κ3) is 5.81. The van der Waals surface area contributed by atoms with Crippen LogP contribution in [0.5, 0.6) is 11.5 Å². The molecule has 12 heteroatoms. The molecule has 2 aromatic rings. The Bertz CT molecular complexity index is 1080.